The van der Waals surface area contributed by atoms with Crippen molar-refractivity contribution in [1.29, 1.82) is 21.0 Å². The molecule has 0 unspecified atom stereocenters. The van der Waals surface area contributed by atoms with E-state index in [1.807, 2.05) is 60.7 Å². The van der Waals surface area contributed by atoms with Crippen LogP contribution in [0, 0.1) is 56.2 Å². The molecule has 2 aliphatic rings. The predicted molar refractivity (Wildman–Crippen MR) is 145 cm³/mol. The van der Waals surface area contributed by atoms with Crippen molar-refractivity contribution in [2.45, 2.75) is 63.0 Å². The molecule has 36 heavy (non-hydrogen) atoms. The Morgan fingerprint density at radius 2 is 1.06 bits per heavy atom. The highest BCUT2D eigenvalue weighted by Gasteiger charge is 2.93. The van der Waals surface area contributed by atoms with Crippen LogP contribution in [0.4, 0.5) is 0 Å². The van der Waals surface area contributed by atoms with Crippen LogP contribution >= 0.6 is 0 Å². The Kier molecular flexibility index (Phi) is 6.04. The van der Waals surface area contributed by atoms with E-state index in [-0.39, 0.29) is 6.71 Å². The Hall–Kier alpha value is -3.58. The maximum absolute atomic E-state index is 11.1. The SMILES string of the molecule is CCB(CC)C1=C(CC)[C@]2(c3ccccc3)C(C#N)(C#N)C(C#N)(C#N)[C@@]1(c1ccccc1)[Si]2(C)C. The van der Waals surface area contributed by atoms with Crippen LogP contribution in [0.3, 0.4) is 0 Å². The number of benzene rings is 2. The fourth-order valence-electron chi connectivity index (χ4n) is 8.64. The van der Waals surface area contributed by atoms with Gasteiger partial charge in [0.05, 0.1) is 32.4 Å². The molecule has 178 valence electrons. The van der Waals surface area contributed by atoms with E-state index in [1.165, 1.54) is 0 Å². The molecule has 4 nitrogen and oxygen atoms in total. The van der Waals surface area contributed by atoms with Gasteiger partial charge in [-0.3, -0.25) is 0 Å². The van der Waals surface area contributed by atoms with Crippen molar-refractivity contribution < 1.29 is 0 Å². The monoisotopic (exact) mass is 486 g/mol. The Morgan fingerprint density at radius 3 is 1.42 bits per heavy atom. The number of hydrogen-bond acceptors (Lipinski definition) is 4. The number of rotatable bonds is 6. The molecule has 4 rings (SSSR count). The molecule has 2 bridgehead atoms. The minimum absolute atomic E-state index is 0.133. The molecule has 0 amide bonds. The van der Waals surface area contributed by atoms with Gasteiger partial charge in [0.1, 0.15) is 0 Å². The molecule has 2 atom stereocenters. The van der Waals surface area contributed by atoms with Crippen molar-refractivity contribution in [3.63, 3.8) is 0 Å². The van der Waals surface area contributed by atoms with Gasteiger partial charge < -0.3 is 0 Å². The first-order valence-electron chi connectivity index (χ1n) is 12.8. The Bertz CT molecular complexity index is 1350. The molecule has 2 aromatic carbocycles. The lowest BCUT2D eigenvalue weighted by Crippen LogP contribution is -2.60. The van der Waals surface area contributed by atoms with E-state index in [1.54, 1.807) is 0 Å². The standard InChI is InChI=1S/C30H31BN4Si/c1-6-25-26(31(7-2)8-3)30(24-17-13-10-14-18-24)28(21-34,22-35)27(19-32,20-33)29(25,36(30,4)5)23-15-11-9-12-16-23/h9-18H,6-8H2,1-5H3/t29-,30+/m1/s1. The third-order valence-corrected chi connectivity index (χ3v) is 15.2. The molecule has 2 aliphatic heterocycles. The first kappa shape index (κ1) is 25.5. The van der Waals surface area contributed by atoms with E-state index in [4.69, 9.17) is 0 Å². The second kappa shape index (κ2) is 8.52. The van der Waals surface area contributed by atoms with Crippen molar-refractivity contribution in [1.82, 2.24) is 0 Å². The maximum atomic E-state index is 11.1. The lowest BCUT2D eigenvalue weighted by Gasteiger charge is -2.50. The van der Waals surface area contributed by atoms with Crippen molar-refractivity contribution in [3.05, 3.63) is 82.8 Å². The van der Waals surface area contributed by atoms with Crippen molar-refractivity contribution in [3.8, 4) is 24.3 Å². The van der Waals surface area contributed by atoms with Crippen LogP contribution in [-0.2, 0) is 10.1 Å². The highest BCUT2D eigenvalue weighted by Crippen LogP contribution is 2.82. The largest absolute Gasteiger partial charge is 0.196 e. The minimum Gasteiger partial charge on any atom is -0.196 e. The van der Waals surface area contributed by atoms with Gasteiger partial charge in [-0.15, -0.1) is 0 Å². The average molecular weight is 487 g/mol. The van der Waals surface area contributed by atoms with E-state index in [0.717, 1.165) is 34.8 Å². The molecule has 0 aromatic heterocycles. The zero-order valence-electron chi connectivity index (χ0n) is 21.8. The molecule has 1 saturated heterocycles. The summed E-state index contributed by atoms with van der Waals surface area (Å²) in [6.07, 6.45) is 2.38. The normalized spacial score (nSPS) is 26.4. The van der Waals surface area contributed by atoms with Crippen molar-refractivity contribution in [2.24, 2.45) is 10.8 Å². The Labute approximate surface area is 216 Å². The molecule has 2 aromatic rings. The molecule has 6 heteroatoms. The van der Waals surface area contributed by atoms with Gasteiger partial charge in [0, 0.05) is 10.1 Å². The molecule has 0 saturated carbocycles. The van der Waals surface area contributed by atoms with E-state index in [0.29, 0.717) is 6.42 Å². The summed E-state index contributed by atoms with van der Waals surface area (Å²) >= 11 is 0. The second-order valence-corrected chi connectivity index (χ2v) is 15.3. The lowest BCUT2D eigenvalue weighted by atomic mass is 9.31. The van der Waals surface area contributed by atoms with Crippen molar-refractivity contribution in [2.75, 3.05) is 0 Å². The van der Waals surface area contributed by atoms with Gasteiger partial charge in [0.15, 0.2) is 17.5 Å². The van der Waals surface area contributed by atoms with Crippen LogP contribution in [0.2, 0.25) is 25.7 Å². The number of nitriles is 4. The van der Waals surface area contributed by atoms with Crippen LogP contribution in [-0.4, -0.2) is 14.8 Å². The molecule has 0 spiro atoms. The number of allylic oxidation sites excluding steroid dienone is 2. The molecule has 0 aliphatic carbocycles. The van der Waals surface area contributed by atoms with Gasteiger partial charge in [-0.1, -0.05) is 118 Å². The average Bonchev–Trinajstić information content (AvgIpc) is 3.19. The van der Waals surface area contributed by atoms with Crippen LogP contribution in [0.1, 0.15) is 38.3 Å². The summed E-state index contributed by atoms with van der Waals surface area (Å²) in [6, 6.07) is 29.3. The fourth-order valence-corrected chi connectivity index (χ4v) is 15.5. The lowest BCUT2D eigenvalue weighted by molar-refractivity contribution is 0.214. The van der Waals surface area contributed by atoms with Gasteiger partial charge in [-0.25, -0.2) is 0 Å². The van der Waals surface area contributed by atoms with E-state index < -0.39 is 29.0 Å². The number of hydrogen-bond donors (Lipinski definition) is 0. The number of nitrogens with zero attached hydrogens (tertiary/aromatic N) is 4. The second-order valence-electron chi connectivity index (χ2n) is 10.6. The van der Waals surface area contributed by atoms with E-state index in [2.05, 4.69) is 58.1 Å². The summed E-state index contributed by atoms with van der Waals surface area (Å²) in [5.74, 6) is 0. The molecule has 0 radical (unpaired) electrons. The zero-order chi connectivity index (χ0) is 26.4. The highest BCUT2D eigenvalue weighted by molar-refractivity contribution is 6.90. The topological polar surface area (TPSA) is 95.2 Å². The molecule has 0 N–H and O–H groups in total. The first-order valence-corrected chi connectivity index (χ1v) is 15.8. The molecule has 2 heterocycles. The van der Waals surface area contributed by atoms with E-state index >= 15 is 0 Å². The summed E-state index contributed by atoms with van der Waals surface area (Å²) in [4.78, 5) is 0. The third kappa shape index (κ3) is 2.28. The third-order valence-electron chi connectivity index (χ3n) is 9.58. The molecule has 1 fully saturated rings. The Morgan fingerprint density at radius 1 is 0.667 bits per heavy atom. The maximum Gasteiger partial charge on any atom is 0.187 e. The van der Waals surface area contributed by atoms with Gasteiger partial charge >= 0.3 is 0 Å². The minimum atomic E-state index is -2.98. The summed E-state index contributed by atoms with van der Waals surface area (Å²) in [5.41, 5.74) is 0.292. The molecular weight excluding hydrogens is 455 g/mol. The van der Waals surface area contributed by atoms with Crippen molar-refractivity contribution >= 4 is 14.8 Å². The summed E-state index contributed by atoms with van der Waals surface area (Å²) in [5, 5.41) is 42.2. The smallest absolute Gasteiger partial charge is 0.187 e. The highest BCUT2D eigenvalue weighted by atomic mass is 28.3. The fraction of sp³-hybridized carbons (Fsp3) is 0.400. The van der Waals surface area contributed by atoms with Gasteiger partial charge in [-0.2, -0.15) is 21.0 Å². The zero-order valence-corrected chi connectivity index (χ0v) is 22.8. The van der Waals surface area contributed by atoms with Crippen LogP contribution in [0.5, 0.6) is 0 Å². The predicted octanol–water partition coefficient (Wildman–Crippen LogP) is 6.52. The first-order chi connectivity index (χ1) is 17.3. The van der Waals surface area contributed by atoms with Crippen LogP contribution in [0.25, 0.3) is 0 Å². The van der Waals surface area contributed by atoms with Crippen LogP contribution < -0.4 is 0 Å². The van der Waals surface area contributed by atoms with E-state index in [9.17, 15) is 21.0 Å². The quantitative estimate of drug-likeness (QED) is 0.434. The Balaban J connectivity index is 2.46. The number of fused-ring (bicyclic) bond motifs is 2. The summed E-state index contributed by atoms with van der Waals surface area (Å²) < 4.78 is 0. The summed E-state index contributed by atoms with van der Waals surface area (Å²) in [7, 11) is -2.98. The summed E-state index contributed by atoms with van der Waals surface area (Å²) in [6.45, 7) is 11.0. The van der Waals surface area contributed by atoms with Gasteiger partial charge in [0.2, 0.25) is 0 Å². The van der Waals surface area contributed by atoms with Gasteiger partial charge in [0.25, 0.3) is 0 Å². The molecular formula is C30H31BN4Si. The van der Waals surface area contributed by atoms with Crippen LogP contribution in [0.15, 0.2) is 71.7 Å². The van der Waals surface area contributed by atoms with Gasteiger partial charge in [-0.05, 0) is 17.5 Å².